The molecule has 0 unspecified atom stereocenters. The number of hydrogen-bond acceptors (Lipinski definition) is 2. The molecule has 3 heteroatoms. The lowest BCUT2D eigenvalue weighted by molar-refractivity contribution is 0.102. The van der Waals surface area contributed by atoms with Crippen molar-refractivity contribution >= 4 is 34.1 Å². The molecule has 0 spiro atoms. The number of benzene rings is 1. The van der Waals surface area contributed by atoms with Gasteiger partial charge in [0.15, 0.2) is 5.78 Å². The van der Waals surface area contributed by atoms with E-state index in [-0.39, 0.29) is 5.78 Å². The molecule has 0 aliphatic heterocycles. The average Bonchev–Trinajstić information content (AvgIpc) is 2.04. The van der Waals surface area contributed by atoms with E-state index in [1.807, 2.05) is 34.7 Å². The number of alkyl halides is 1. The zero-order valence-corrected chi connectivity index (χ0v) is 8.04. The number of Topliss-reactive ketones (excluding diaryl/α,β-unsaturated/α-hetero) is 1. The van der Waals surface area contributed by atoms with Crippen molar-refractivity contribution in [3.63, 3.8) is 0 Å². The fraction of sp³-hybridized carbons (Fsp3) is 0.125. The van der Waals surface area contributed by atoms with Crippen LogP contribution in [0, 0.1) is 0 Å². The molecule has 1 rings (SSSR count). The molecule has 0 aliphatic carbocycles. The second kappa shape index (κ2) is 3.71. The zero-order valence-electron chi connectivity index (χ0n) is 5.88. The summed E-state index contributed by atoms with van der Waals surface area (Å²) in [6, 6.07) is 7.12. The van der Waals surface area contributed by atoms with Crippen LogP contribution in [0.25, 0.3) is 0 Å². The second-order valence-electron chi connectivity index (χ2n) is 2.14. The van der Waals surface area contributed by atoms with E-state index < -0.39 is 0 Å². The van der Waals surface area contributed by atoms with Gasteiger partial charge < -0.3 is 5.73 Å². The van der Waals surface area contributed by atoms with Gasteiger partial charge in [-0.15, -0.1) is 0 Å². The minimum absolute atomic E-state index is 0.0868. The largest absolute Gasteiger partial charge is 0.398 e. The first-order chi connectivity index (χ1) is 5.25. The maximum Gasteiger partial charge on any atom is 0.174 e. The topological polar surface area (TPSA) is 43.1 Å². The number of anilines is 1. The Hall–Kier alpha value is -0.580. The Kier molecular flexibility index (Phi) is 2.87. The van der Waals surface area contributed by atoms with Gasteiger partial charge in [0.05, 0.1) is 4.43 Å². The molecule has 11 heavy (non-hydrogen) atoms. The number of rotatable bonds is 2. The number of carbonyl (C=O) groups excluding carboxylic acids is 1. The minimum atomic E-state index is 0.0868. The molecule has 1 aromatic rings. The van der Waals surface area contributed by atoms with Gasteiger partial charge in [-0.2, -0.15) is 0 Å². The van der Waals surface area contributed by atoms with Crippen molar-refractivity contribution in [2.75, 3.05) is 10.2 Å². The number of hydrogen-bond donors (Lipinski definition) is 1. The molecule has 0 radical (unpaired) electrons. The van der Waals surface area contributed by atoms with E-state index >= 15 is 0 Å². The molecular weight excluding hydrogens is 253 g/mol. The number of halogens is 1. The van der Waals surface area contributed by atoms with Gasteiger partial charge in [-0.25, -0.2) is 0 Å². The number of carbonyl (C=O) groups is 1. The minimum Gasteiger partial charge on any atom is -0.398 e. The summed E-state index contributed by atoms with van der Waals surface area (Å²) < 4.78 is 0.478. The van der Waals surface area contributed by atoms with E-state index in [1.165, 1.54) is 0 Å². The molecule has 0 bridgehead atoms. The third kappa shape index (κ3) is 1.92. The Morgan fingerprint density at radius 1 is 1.45 bits per heavy atom. The monoisotopic (exact) mass is 261 g/mol. The summed E-state index contributed by atoms with van der Waals surface area (Å²) in [7, 11) is 0. The van der Waals surface area contributed by atoms with Gasteiger partial charge in [0, 0.05) is 11.3 Å². The molecule has 58 valence electrons. The first-order valence-electron chi connectivity index (χ1n) is 3.19. The van der Waals surface area contributed by atoms with Gasteiger partial charge in [0.1, 0.15) is 0 Å². The maximum absolute atomic E-state index is 11.1. The van der Waals surface area contributed by atoms with Crippen LogP contribution in [0.1, 0.15) is 10.4 Å². The molecule has 0 heterocycles. The first kappa shape index (κ1) is 8.52. The predicted molar refractivity (Wildman–Crippen MR) is 54.1 cm³/mol. The van der Waals surface area contributed by atoms with Crippen molar-refractivity contribution in [2.45, 2.75) is 0 Å². The van der Waals surface area contributed by atoms with Crippen LogP contribution < -0.4 is 5.73 Å². The molecule has 0 saturated carbocycles. The number of nitrogens with two attached hydrogens (primary N) is 1. The van der Waals surface area contributed by atoms with E-state index in [4.69, 9.17) is 5.73 Å². The van der Waals surface area contributed by atoms with Gasteiger partial charge in [0.25, 0.3) is 0 Å². The summed E-state index contributed by atoms with van der Waals surface area (Å²) in [4.78, 5) is 11.1. The molecule has 2 nitrogen and oxygen atoms in total. The number of para-hydroxylation sites is 1. The van der Waals surface area contributed by atoms with Gasteiger partial charge in [-0.3, -0.25) is 4.79 Å². The van der Waals surface area contributed by atoms with Gasteiger partial charge >= 0.3 is 0 Å². The molecule has 0 aliphatic rings. The Bertz CT molecular complexity index is 273. The summed E-state index contributed by atoms with van der Waals surface area (Å²) in [5.74, 6) is 0.0868. The molecule has 0 amide bonds. The predicted octanol–water partition coefficient (Wildman–Crippen LogP) is 1.89. The van der Waals surface area contributed by atoms with Crippen LogP contribution in [0.15, 0.2) is 24.3 Å². The molecule has 0 atom stereocenters. The van der Waals surface area contributed by atoms with Crippen LogP contribution in [0.2, 0.25) is 0 Å². The SMILES string of the molecule is Nc1ccccc1C(=O)CI. The van der Waals surface area contributed by atoms with Crippen LogP contribution in [0.5, 0.6) is 0 Å². The van der Waals surface area contributed by atoms with Crippen molar-refractivity contribution in [1.82, 2.24) is 0 Å². The summed E-state index contributed by atoms with van der Waals surface area (Å²) >= 11 is 2.03. The highest BCUT2D eigenvalue weighted by atomic mass is 127. The molecule has 0 saturated heterocycles. The van der Waals surface area contributed by atoms with Crippen LogP contribution in [-0.2, 0) is 0 Å². The maximum atomic E-state index is 11.1. The number of ketones is 1. The van der Waals surface area contributed by atoms with Crippen molar-refractivity contribution in [2.24, 2.45) is 0 Å². The Labute approximate surface area is 78.9 Å². The molecule has 2 N–H and O–H groups in total. The van der Waals surface area contributed by atoms with Crippen LogP contribution in [0.4, 0.5) is 5.69 Å². The summed E-state index contributed by atoms with van der Waals surface area (Å²) in [5.41, 5.74) is 6.76. The second-order valence-corrected chi connectivity index (χ2v) is 2.91. The standard InChI is InChI=1S/C8H8INO/c9-5-8(11)6-3-1-2-4-7(6)10/h1-4H,5,10H2. The molecule has 0 aromatic heterocycles. The molecular formula is C8H8INO. The Balaban J connectivity index is 3.03. The summed E-state index contributed by atoms with van der Waals surface area (Å²) in [6.07, 6.45) is 0. The lowest BCUT2D eigenvalue weighted by Crippen LogP contribution is -2.03. The average molecular weight is 261 g/mol. The fourth-order valence-electron chi connectivity index (χ4n) is 0.823. The van der Waals surface area contributed by atoms with Crippen molar-refractivity contribution < 1.29 is 4.79 Å². The third-order valence-electron chi connectivity index (χ3n) is 1.38. The molecule has 1 aromatic carbocycles. The van der Waals surface area contributed by atoms with Crippen molar-refractivity contribution in [3.05, 3.63) is 29.8 Å². The van der Waals surface area contributed by atoms with Crippen LogP contribution in [0.3, 0.4) is 0 Å². The van der Waals surface area contributed by atoms with Gasteiger partial charge in [-0.1, -0.05) is 34.7 Å². The van der Waals surface area contributed by atoms with E-state index in [1.54, 1.807) is 12.1 Å². The van der Waals surface area contributed by atoms with E-state index in [0.29, 0.717) is 15.7 Å². The van der Waals surface area contributed by atoms with Crippen LogP contribution in [-0.4, -0.2) is 10.2 Å². The zero-order chi connectivity index (χ0) is 8.27. The lowest BCUT2D eigenvalue weighted by atomic mass is 10.1. The van der Waals surface area contributed by atoms with Crippen molar-refractivity contribution in [3.8, 4) is 0 Å². The van der Waals surface area contributed by atoms with Gasteiger partial charge in [-0.05, 0) is 12.1 Å². The van der Waals surface area contributed by atoms with Gasteiger partial charge in [0.2, 0.25) is 0 Å². The number of nitrogen functional groups attached to an aromatic ring is 1. The lowest BCUT2D eigenvalue weighted by Gasteiger charge is -1.99. The smallest absolute Gasteiger partial charge is 0.174 e. The highest BCUT2D eigenvalue weighted by Crippen LogP contribution is 2.11. The quantitative estimate of drug-likeness (QED) is 0.382. The normalized spacial score (nSPS) is 9.55. The third-order valence-corrected chi connectivity index (χ3v) is 2.08. The Morgan fingerprint density at radius 3 is 2.64 bits per heavy atom. The highest BCUT2D eigenvalue weighted by Gasteiger charge is 2.05. The summed E-state index contributed by atoms with van der Waals surface area (Å²) in [5, 5.41) is 0. The van der Waals surface area contributed by atoms with E-state index in [2.05, 4.69) is 0 Å². The Morgan fingerprint density at radius 2 is 2.09 bits per heavy atom. The highest BCUT2D eigenvalue weighted by molar-refractivity contribution is 14.1. The first-order valence-corrected chi connectivity index (χ1v) is 4.72. The van der Waals surface area contributed by atoms with E-state index in [9.17, 15) is 4.79 Å². The fourth-order valence-corrected chi connectivity index (χ4v) is 1.23. The molecule has 0 fully saturated rings. The van der Waals surface area contributed by atoms with Crippen molar-refractivity contribution in [1.29, 1.82) is 0 Å². The van der Waals surface area contributed by atoms with E-state index in [0.717, 1.165) is 0 Å². The summed E-state index contributed by atoms with van der Waals surface area (Å²) in [6.45, 7) is 0. The van der Waals surface area contributed by atoms with Crippen LogP contribution >= 0.6 is 22.6 Å².